The average molecular weight is 398 g/mol. The Bertz CT molecular complexity index is 919. The number of aliphatic hydroxyl groups is 5. The van der Waals surface area contributed by atoms with Gasteiger partial charge in [0, 0.05) is 5.39 Å². The zero-order chi connectivity index (χ0) is 21.0. The van der Waals surface area contributed by atoms with Crippen LogP contribution >= 0.6 is 0 Å². The zero-order valence-corrected chi connectivity index (χ0v) is 14.5. The van der Waals surface area contributed by atoms with Gasteiger partial charge in [-0.25, -0.2) is 14.4 Å². The van der Waals surface area contributed by atoms with Crippen LogP contribution in [0.25, 0.3) is 11.0 Å². The first kappa shape index (κ1) is 21.5. The van der Waals surface area contributed by atoms with Crippen molar-refractivity contribution >= 4 is 22.9 Å². The quantitative estimate of drug-likeness (QED) is 0.196. The number of fused-ring (bicyclic) bond motifs is 1. The smallest absolute Gasteiger partial charge is 0.353 e. The van der Waals surface area contributed by atoms with Crippen LogP contribution in [0.2, 0.25) is 0 Å². The van der Waals surface area contributed by atoms with Crippen molar-refractivity contribution in [1.82, 2.24) is 0 Å². The van der Waals surface area contributed by atoms with Crippen LogP contribution in [0.15, 0.2) is 33.5 Å². The van der Waals surface area contributed by atoms with Crippen molar-refractivity contribution in [3.8, 4) is 5.75 Å². The molecule has 5 N–H and O–H groups in total. The fraction of sp³-hybridized carbons (Fsp3) is 0.353. The van der Waals surface area contributed by atoms with Gasteiger partial charge in [-0.05, 0) is 12.1 Å². The summed E-state index contributed by atoms with van der Waals surface area (Å²) in [5.41, 5.74) is -1.73. The molecule has 0 spiro atoms. The molecule has 0 aliphatic carbocycles. The summed E-state index contributed by atoms with van der Waals surface area (Å²) in [6, 6.07) is 5.68. The third-order valence-electron chi connectivity index (χ3n) is 3.85. The molecule has 2 aromatic rings. The third-order valence-corrected chi connectivity index (χ3v) is 3.85. The fourth-order valence-electron chi connectivity index (χ4n) is 2.29. The number of methoxy groups -OCH3 is 1. The highest BCUT2D eigenvalue weighted by Crippen LogP contribution is 2.24. The van der Waals surface area contributed by atoms with Crippen LogP contribution < -0.4 is 10.4 Å². The minimum atomic E-state index is -2.44. The van der Waals surface area contributed by atoms with E-state index in [1.54, 1.807) is 6.07 Å². The second-order valence-electron chi connectivity index (χ2n) is 5.71. The van der Waals surface area contributed by atoms with Gasteiger partial charge in [0.15, 0.2) is 17.4 Å². The standard InChI is InChI=1S/C17H18O11/c1-26-10-4-2-3-7-5-8(15(23)27-14(7)10)16(24)28-17(25)13(22)12(21)11(20)9(19)6-18/h2-5,9,11-13,18-22H,6H2,1H3/t9-,11-,12+,13-/m1/s1. The summed E-state index contributed by atoms with van der Waals surface area (Å²) in [7, 11) is 1.35. The third kappa shape index (κ3) is 4.35. The van der Waals surface area contributed by atoms with E-state index in [2.05, 4.69) is 4.74 Å². The van der Waals surface area contributed by atoms with Crippen molar-refractivity contribution in [2.45, 2.75) is 24.4 Å². The SMILES string of the molecule is COc1cccc2cc(C(=O)OC(=O)[C@H](O)[C@@H](O)[C@H](O)[C@H](O)CO)c(=O)oc12. The zero-order valence-electron chi connectivity index (χ0n) is 14.5. The van der Waals surface area contributed by atoms with Crippen molar-refractivity contribution in [2.24, 2.45) is 0 Å². The number of benzene rings is 1. The molecular weight excluding hydrogens is 380 g/mol. The number of carbonyl (C=O) groups is 2. The number of aliphatic hydroxyl groups excluding tert-OH is 5. The maximum absolute atomic E-state index is 12.1. The first-order valence-corrected chi connectivity index (χ1v) is 7.91. The summed E-state index contributed by atoms with van der Waals surface area (Å²) in [5, 5.41) is 47.0. The van der Waals surface area contributed by atoms with Crippen LogP contribution in [0, 0.1) is 0 Å². The van der Waals surface area contributed by atoms with Crippen LogP contribution in [0.1, 0.15) is 10.4 Å². The fourth-order valence-corrected chi connectivity index (χ4v) is 2.29. The van der Waals surface area contributed by atoms with E-state index in [9.17, 15) is 34.8 Å². The largest absolute Gasteiger partial charge is 0.493 e. The molecule has 1 aromatic heterocycles. The second-order valence-corrected chi connectivity index (χ2v) is 5.71. The van der Waals surface area contributed by atoms with Gasteiger partial charge in [0.25, 0.3) is 0 Å². The van der Waals surface area contributed by atoms with Crippen LogP contribution in [-0.2, 0) is 9.53 Å². The van der Waals surface area contributed by atoms with E-state index in [0.29, 0.717) is 5.39 Å². The molecule has 2 rings (SSSR count). The summed E-state index contributed by atoms with van der Waals surface area (Å²) >= 11 is 0. The van der Waals surface area contributed by atoms with Gasteiger partial charge in [0.1, 0.15) is 23.9 Å². The summed E-state index contributed by atoms with van der Waals surface area (Å²) in [6.45, 7) is -0.958. The predicted octanol–water partition coefficient (Wildman–Crippen LogP) is -2.08. The highest BCUT2D eigenvalue weighted by molar-refractivity contribution is 5.99. The predicted molar refractivity (Wildman–Crippen MR) is 90.6 cm³/mol. The van der Waals surface area contributed by atoms with Crippen molar-refractivity contribution in [2.75, 3.05) is 13.7 Å². The Balaban J connectivity index is 2.21. The van der Waals surface area contributed by atoms with Crippen molar-refractivity contribution in [3.63, 3.8) is 0 Å². The first-order chi connectivity index (χ1) is 13.2. The number of esters is 2. The number of hydrogen-bond donors (Lipinski definition) is 5. The van der Waals surface area contributed by atoms with Gasteiger partial charge >= 0.3 is 17.6 Å². The van der Waals surface area contributed by atoms with E-state index in [-0.39, 0.29) is 11.3 Å². The molecule has 152 valence electrons. The Kier molecular flexibility index (Phi) is 6.83. The lowest BCUT2D eigenvalue weighted by molar-refractivity contribution is -0.164. The molecule has 28 heavy (non-hydrogen) atoms. The topological polar surface area (TPSA) is 184 Å². The van der Waals surface area contributed by atoms with Crippen LogP contribution in [0.5, 0.6) is 5.75 Å². The van der Waals surface area contributed by atoms with Crippen molar-refractivity contribution < 1.29 is 49.0 Å². The minimum Gasteiger partial charge on any atom is -0.493 e. The van der Waals surface area contributed by atoms with E-state index in [1.165, 1.54) is 19.2 Å². The molecule has 4 atom stereocenters. The van der Waals surface area contributed by atoms with Crippen LogP contribution in [-0.4, -0.2) is 75.6 Å². The number of rotatable bonds is 7. The van der Waals surface area contributed by atoms with Gasteiger partial charge < -0.3 is 39.4 Å². The van der Waals surface area contributed by atoms with Gasteiger partial charge in [0.05, 0.1) is 13.7 Å². The molecule has 0 saturated carbocycles. The Morgan fingerprint density at radius 3 is 2.43 bits per heavy atom. The average Bonchev–Trinajstić information content (AvgIpc) is 2.70. The summed E-state index contributed by atoms with van der Waals surface area (Å²) < 4.78 is 14.4. The normalized spacial score (nSPS) is 15.5. The molecule has 0 aliphatic heterocycles. The molecule has 11 heteroatoms. The second kappa shape index (κ2) is 8.91. The first-order valence-electron chi connectivity index (χ1n) is 7.91. The number of para-hydroxylation sites is 1. The van der Waals surface area contributed by atoms with Gasteiger partial charge in [0.2, 0.25) is 0 Å². The molecular formula is C17H18O11. The highest BCUT2D eigenvalue weighted by atomic mass is 16.6. The van der Waals surface area contributed by atoms with Crippen molar-refractivity contribution in [1.29, 1.82) is 0 Å². The molecule has 0 radical (unpaired) electrons. The minimum absolute atomic E-state index is 0.0643. The van der Waals surface area contributed by atoms with Crippen molar-refractivity contribution in [3.05, 3.63) is 40.2 Å². The van der Waals surface area contributed by atoms with E-state index in [1.807, 2.05) is 0 Å². The summed E-state index contributed by atoms with van der Waals surface area (Å²) in [6.07, 6.45) is -8.65. The molecule has 11 nitrogen and oxygen atoms in total. The molecule has 0 unspecified atom stereocenters. The van der Waals surface area contributed by atoms with Gasteiger partial charge in [-0.1, -0.05) is 12.1 Å². The number of hydrogen-bond acceptors (Lipinski definition) is 11. The Labute approximate surface area is 157 Å². The lowest BCUT2D eigenvalue weighted by Crippen LogP contribution is -2.49. The lowest BCUT2D eigenvalue weighted by Gasteiger charge is -2.24. The maximum atomic E-state index is 12.1. The molecule has 0 saturated heterocycles. The Morgan fingerprint density at radius 1 is 1.14 bits per heavy atom. The molecule has 0 fully saturated rings. The van der Waals surface area contributed by atoms with Crippen LogP contribution in [0.3, 0.4) is 0 Å². The van der Waals surface area contributed by atoms with E-state index in [4.69, 9.17) is 14.3 Å². The molecule has 1 aromatic carbocycles. The monoisotopic (exact) mass is 398 g/mol. The van der Waals surface area contributed by atoms with E-state index in [0.717, 1.165) is 6.07 Å². The molecule has 1 heterocycles. The molecule has 0 bridgehead atoms. The maximum Gasteiger partial charge on any atom is 0.353 e. The summed E-state index contributed by atoms with van der Waals surface area (Å²) in [4.78, 5) is 35.9. The van der Waals surface area contributed by atoms with E-state index < -0.39 is 54.2 Å². The Hall–Kier alpha value is -2.83. The molecule has 0 aliphatic rings. The van der Waals surface area contributed by atoms with Gasteiger partial charge in [-0.3, -0.25) is 0 Å². The van der Waals surface area contributed by atoms with Gasteiger partial charge in [-0.15, -0.1) is 0 Å². The van der Waals surface area contributed by atoms with Crippen LogP contribution in [0.4, 0.5) is 0 Å². The highest BCUT2D eigenvalue weighted by Gasteiger charge is 2.36. The summed E-state index contributed by atoms with van der Waals surface area (Å²) in [5.74, 6) is -2.92. The Morgan fingerprint density at radius 2 is 1.82 bits per heavy atom. The van der Waals surface area contributed by atoms with Gasteiger partial charge in [-0.2, -0.15) is 0 Å². The lowest BCUT2D eigenvalue weighted by atomic mass is 10.0. The number of carbonyl (C=O) groups excluding carboxylic acids is 2. The number of ether oxygens (including phenoxy) is 2. The molecule has 0 amide bonds. The van der Waals surface area contributed by atoms with E-state index >= 15 is 0 Å².